The van der Waals surface area contributed by atoms with E-state index in [0.29, 0.717) is 18.1 Å². The van der Waals surface area contributed by atoms with Crippen molar-refractivity contribution in [1.29, 1.82) is 0 Å². The number of aliphatic imine (C=N–C) groups is 1. The van der Waals surface area contributed by atoms with Gasteiger partial charge in [-0.1, -0.05) is 13.8 Å². The van der Waals surface area contributed by atoms with E-state index in [9.17, 15) is 0 Å². The van der Waals surface area contributed by atoms with Gasteiger partial charge in [0, 0.05) is 48.9 Å². The summed E-state index contributed by atoms with van der Waals surface area (Å²) in [5.41, 5.74) is 1.32. The molecule has 136 valence electrons. The van der Waals surface area contributed by atoms with E-state index in [1.165, 1.54) is 9.88 Å². The van der Waals surface area contributed by atoms with Gasteiger partial charge in [-0.2, -0.15) is 0 Å². The summed E-state index contributed by atoms with van der Waals surface area (Å²) < 4.78 is 5.86. The van der Waals surface area contributed by atoms with Crippen LogP contribution < -0.4 is 10.6 Å². The predicted octanol–water partition coefficient (Wildman–Crippen LogP) is 2.90. The molecule has 3 atom stereocenters. The normalized spacial score (nSPS) is 27.9. The van der Waals surface area contributed by atoms with E-state index >= 15 is 0 Å². The number of hydrogen-bond donors (Lipinski definition) is 2. The second kappa shape index (κ2) is 7.86. The zero-order chi connectivity index (χ0) is 16.6. The SMILES string of the molecule is CN=C(NCCc1nc(C)c(C)s1)NC1C2CCOC2C1(C)C.I. The highest BCUT2D eigenvalue weighted by molar-refractivity contribution is 14.0. The molecule has 0 radical (unpaired) electrons. The number of aromatic nitrogens is 1. The molecule has 0 aromatic carbocycles. The van der Waals surface area contributed by atoms with Gasteiger partial charge in [0.2, 0.25) is 0 Å². The molecule has 24 heavy (non-hydrogen) atoms. The summed E-state index contributed by atoms with van der Waals surface area (Å²) in [4.78, 5) is 10.3. The molecular formula is C17H29IN4OS. The van der Waals surface area contributed by atoms with Crippen LogP contribution in [0.5, 0.6) is 0 Å². The predicted molar refractivity (Wildman–Crippen MR) is 111 cm³/mol. The van der Waals surface area contributed by atoms with Gasteiger partial charge in [-0.25, -0.2) is 4.98 Å². The number of guanidine groups is 1. The highest BCUT2D eigenvalue weighted by atomic mass is 127. The van der Waals surface area contributed by atoms with Crippen molar-refractivity contribution in [2.45, 2.75) is 52.7 Å². The van der Waals surface area contributed by atoms with Crippen molar-refractivity contribution in [2.75, 3.05) is 20.2 Å². The maximum absolute atomic E-state index is 5.86. The number of nitrogens with one attached hydrogen (secondary N) is 2. The van der Waals surface area contributed by atoms with E-state index in [4.69, 9.17) is 4.74 Å². The van der Waals surface area contributed by atoms with Crippen molar-refractivity contribution in [2.24, 2.45) is 16.3 Å². The Morgan fingerprint density at radius 1 is 1.42 bits per heavy atom. The smallest absolute Gasteiger partial charge is 0.191 e. The van der Waals surface area contributed by atoms with E-state index < -0.39 is 0 Å². The van der Waals surface area contributed by atoms with Crippen molar-refractivity contribution < 1.29 is 4.74 Å². The molecule has 2 fully saturated rings. The molecule has 0 bridgehead atoms. The van der Waals surface area contributed by atoms with Gasteiger partial charge in [-0.05, 0) is 20.3 Å². The lowest BCUT2D eigenvalue weighted by Crippen LogP contribution is -2.68. The van der Waals surface area contributed by atoms with Crippen LogP contribution in [0.2, 0.25) is 0 Å². The number of ether oxygens (including phenoxy) is 1. The summed E-state index contributed by atoms with van der Waals surface area (Å²) in [7, 11) is 1.83. The highest BCUT2D eigenvalue weighted by Gasteiger charge is 2.59. The third-order valence-electron chi connectivity index (χ3n) is 5.32. The first-order chi connectivity index (χ1) is 10.9. The number of rotatable bonds is 4. The molecule has 5 nitrogen and oxygen atoms in total. The average molecular weight is 464 g/mol. The summed E-state index contributed by atoms with van der Waals surface area (Å²) >= 11 is 1.79. The second-order valence-electron chi connectivity index (χ2n) is 7.19. The number of aryl methyl sites for hydroxylation is 2. The van der Waals surface area contributed by atoms with E-state index in [0.717, 1.165) is 37.6 Å². The summed E-state index contributed by atoms with van der Waals surface area (Å²) in [6, 6.07) is 0.436. The Bertz CT molecular complexity index is 582. The standard InChI is InChI=1S/C17H28N4OS.HI/c1-10-11(2)23-13(20-10)6-8-19-16(18-5)21-14-12-7-9-22-15(12)17(14,3)4;/h12,14-15H,6-9H2,1-5H3,(H2,18,19,21);1H. The Morgan fingerprint density at radius 2 is 2.17 bits per heavy atom. The largest absolute Gasteiger partial charge is 0.377 e. The van der Waals surface area contributed by atoms with Crippen LogP contribution in [0.4, 0.5) is 0 Å². The molecule has 0 spiro atoms. The molecular weight excluding hydrogens is 435 g/mol. The van der Waals surface area contributed by atoms with Crippen LogP contribution in [0.1, 0.15) is 35.8 Å². The Hall–Kier alpha value is -0.410. The number of hydrogen-bond acceptors (Lipinski definition) is 4. The van der Waals surface area contributed by atoms with Gasteiger partial charge in [-0.3, -0.25) is 4.99 Å². The molecule has 1 aliphatic heterocycles. The fourth-order valence-corrected chi connectivity index (χ4v) is 4.83. The van der Waals surface area contributed by atoms with Crippen molar-refractivity contribution in [3.05, 3.63) is 15.6 Å². The molecule has 1 aromatic heterocycles. The van der Waals surface area contributed by atoms with Gasteiger partial charge in [0.25, 0.3) is 0 Å². The molecule has 1 saturated heterocycles. The first-order valence-corrected chi connectivity index (χ1v) is 9.27. The van der Waals surface area contributed by atoms with E-state index in [1.54, 1.807) is 11.3 Å². The average Bonchev–Trinajstić information content (AvgIpc) is 3.08. The minimum Gasteiger partial charge on any atom is -0.377 e. The number of nitrogens with zero attached hydrogens (tertiary/aromatic N) is 2. The minimum atomic E-state index is 0. The second-order valence-corrected chi connectivity index (χ2v) is 8.47. The Balaban J connectivity index is 0.00000208. The lowest BCUT2D eigenvalue weighted by molar-refractivity contribution is -0.106. The first kappa shape index (κ1) is 19.9. The zero-order valence-electron chi connectivity index (χ0n) is 15.2. The molecule has 0 amide bonds. The number of fused-ring (bicyclic) bond motifs is 1. The summed E-state index contributed by atoms with van der Waals surface area (Å²) in [5.74, 6) is 1.51. The van der Waals surface area contributed by atoms with Crippen LogP contribution in [0.3, 0.4) is 0 Å². The van der Waals surface area contributed by atoms with E-state index in [1.807, 2.05) is 7.05 Å². The number of halogens is 1. The van der Waals surface area contributed by atoms with Crippen molar-refractivity contribution in [1.82, 2.24) is 15.6 Å². The Labute approximate surface area is 166 Å². The van der Waals surface area contributed by atoms with Gasteiger partial charge in [0.1, 0.15) is 0 Å². The molecule has 7 heteroatoms. The third-order valence-corrected chi connectivity index (χ3v) is 6.45. The maximum atomic E-state index is 5.86. The van der Waals surface area contributed by atoms with Gasteiger partial charge in [0.05, 0.1) is 16.8 Å². The molecule has 1 aliphatic carbocycles. The molecule has 3 unspecified atom stereocenters. The minimum absolute atomic E-state index is 0. The van der Waals surface area contributed by atoms with Gasteiger partial charge in [0.15, 0.2) is 5.96 Å². The first-order valence-electron chi connectivity index (χ1n) is 8.45. The Morgan fingerprint density at radius 3 is 2.79 bits per heavy atom. The van der Waals surface area contributed by atoms with Gasteiger partial charge >= 0.3 is 0 Å². The molecule has 2 aliphatic rings. The third kappa shape index (κ3) is 3.72. The van der Waals surface area contributed by atoms with Crippen molar-refractivity contribution >= 4 is 41.3 Å². The fourth-order valence-electron chi connectivity index (χ4n) is 3.89. The van der Waals surface area contributed by atoms with Crippen LogP contribution in [-0.2, 0) is 11.2 Å². The lowest BCUT2D eigenvalue weighted by atomic mass is 9.57. The summed E-state index contributed by atoms with van der Waals surface area (Å²) in [5, 5.41) is 8.23. The number of thiazole rings is 1. The van der Waals surface area contributed by atoms with Crippen LogP contribution >= 0.6 is 35.3 Å². The van der Waals surface area contributed by atoms with Crippen molar-refractivity contribution in [3.63, 3.8) is 0 Å². The molecule has 3 rings (SSSR count). The molecule has 2 heterocycles. The molecule has 1 saturated carbocycles. The quantitative estimate of drug-likeness (QED) is 0.409. The highest BCUT2D eigenvalue weighted by Crippen LogP contribution is 2.52. The van der Waals surface area contributed by atoms with Gasteiger partial charge < -0.3 is 15.4 Å². The van der Waals surface area contributed by atoms with Crippen LogP contribution in [0, 0.1) is 25.2 Å². The molecule has 2 N–H and O–H groups in total. The summed E-state index contributed by atoms with van der Waals surface area (Å²) in [6.07, 6.45) is 2.49. The fraction of sp³-hybridized carbons (Fsp3) is 0.765. The van der Waals surface area contributed by atoms with Gasteiger partial charge in [-0.15, -0.1) is 35.3 Å². The topological polar surface area (TPSA) is 58.5 Å². The van der Waals surface area contributed by atoms with E-state index in [-0.39, 0.29) is 29.4 Å². The zero-order valence-corrected chi connectivity index (χ0v) is 18.3. The van der Waals surface area contributed by atoms with Crippen LogP contribution in [0.15, 0.2) is 4.99 Å². The monoisotopic (exact) mass is 464 g/mol. The molecule has 1 aromatic rings. The van der Waals surface area contributed by atoms with Crippen LogP contribution in [0.25, 0.3) is 0 Å². The van der Waals surface area contributed by atoms with E-state index in [2.05, 4.69) is 48.3 Å². The van der Waals surface area contributed by atoms with Crippen molar-refractivity contribution in [3.8, 4) is 0 Å². The van der Waals surface area contributed by atoms with Crippen LogP contribution in [-0.4, -0.2) is 43.3 Å². The lowest BCUT2D eigenvalue weighted by Gasteiger charge is -2.54. The maximum Gasteiger partial charge on any atom is 0.191 e. The Kier molecular flexibility index (Phi) is 6.52. The summed E-state index contributed by atoms with van der Waals surface area (Å²) in [6.45, 7) is 10.5.